The molecule has 0 aliphatic carbocycles. The Morgan fingerprint density at radius 3 is 2.47 bits per heavy atom. The van der Waals surface area contributed by atoms with Crippen LogP contribution in [0.15, 0.2) is 28.7 Å². The Morgan fingerprint density at radius 1 is 1.37 bits per heavy atom. The van der Waals surface area contributed by atoms with E-state index >= 15 is 0 Å². The van der Waals surface area contributed by atoms with Crippen LogP contribution in [0.5, 0.6) is 0 Å². The van der Waals surface area contributed by atoms with E-state index in [1.54, 1.807) is 6.92 Å². The highest BCUT2D eigenvalue weighted by atomic mass is 79.9. The molecule has 1 aliphatic heterocycles. The van der Waals surface area contributed by atoms with Gasteiger partial charge in [-0.15, -0.1) is 0 Å². The molecule has 1 aliphatic rings. The van der Waals surface area contributed by atoms with Crippen LogP contribution in [-0.2, 0) is 9.59 Å². The van der Waals surface area contributed by atoms with Crippen molar-refractivity contribution in [3.8, 4) is 0 Å². The average molecular weight is 326 g/mol. The van der Waals surface area contributed by atoms with Crippen LogP contribution in [0.25, 0.3) is 0 Å². The maximum atomic E-state index is 12.1. The number of hydrogen-bond acceptors (Lipinski definition) is 3. The minimum atomic E-state index is -0.917. The molecule has 0 unspecified atom stereocenters. The molecule has 102 valence electrons. The van der Waals surface area contributed by atoms with Crippen LogP contribution in [0.1, 0.15) is 25.3 Å². The highest BCUT2D eigenvalue weighted by Crippen LogP contribution is 2.45. The molecule has 0 aromatic heterocycles. The summed E-state index contributed by atoms with van der Waals surface area (Å²) in [4.78, 5) is 23.8. The molecule has 19 heavy (non-hydrogen) atoms. The summed E-state index contributed by atoms with van der Waals surface area (Å²) in [5, 5.41) is 11.7. The van der Waals surface area contributed by atoms with Gasteiger partial charge in [-0.2, -0.15) is 0 Å². The van der Waals surface area contributed by atoms with Crippen LogP contribution in [0, 0.1) is 11.3 Å². The van der Waals surface area contributed by atoms with E-state index in [1.807, 2.05) is 31.2 Å². The molecule has 0 radical (unpaired) electrons. The van der Waals surface area contributed by atoms with Crippen molar-refractivity contribution in [3.05, 3.63) is 34.3 Å². The summed E-state index contributed by atoms with van der Waals surface area (Å²) < 4.78 is 0.958. The van der Waals surface area contributed by atoms with Gasteiger partial charge in [0, 0.05) is 4.47 Å². The highest BCUT2D eigenvalue weighted by molar-refractivity contribution is 9.10. The van der Waals surface area contributed by atoms with Crippen molar-refractivity contribution in [1.82, 2.24) is 5.32 Å². The third-order valence-corrected chi connectivity index (χ3v) is 4.75. The maximum absolute atomic E-state index is 12.1. The first-order valence-electron chi connectivity index (χ1n) is 6.13. The lowest BCUT2D eigenvalue weighted by Gasteiger charge is -2.32. The number of halogens is 1. The number of hydrogen-bond donors (Lipinski definition) is 2. The first kappa shape index (κ1) is 14.2. The van der Waals surface area contributed by atoms with E-state index in [0.717, 1.165) is 10.0 Å². The summed E-state index contributed by atoms with van der Waals surface area (Å²) in [5.74, 6) is -1.56. The topological polar surface area (TPSA) is 66.4 Å². The van der Waals surface area contributed by atoms with Gasteiger partial charge in [-0.05, 0) is 30.5 Å². The summed E-state index contributed by atoms with van der Waals surface area (Å²) in [6, 6.07) is 7.64. The second kappa shape index (κ2) is 5.06. The van der Waals surface area contributed by atoms with Crippen molar-refractivity contribution in [1.29, 1.82) is 0 Å². The molecule has 0 saturated carbocycles. The van der Waals surface area contributed by atoms with Crippen molar-refractivity contribution >= 4 is 27.7 Å². The zero-order valence-electron chi connectivity index (χ0n) is 10.8. The Morgan fingerprint density at radius 2 is 1.95 bits per heavy atom. The largest absolute Gasteiger partial charge is 0.396 e. The SMILES string of the molecule is C[C@H](c1ccc(Br)cc1)[C@@]1(C)C(=O)NC(=O)[C@@H]1CO. The van der Waals surface area contributed by atoms with Gasteiger partial charge in [0.2, 0.25) is 11.8 Å². The van der Waals surface area contributed by atoms with Gasteiger partial charge in [0.1, 0.15) is 0 Å². The van der Waals surface area contributed by atoms with Gasteiger partial charge >= 0.3 is 0 Å². The van der Waals surface area contributed by atoms with Crippen LogP contribution in [0.4, 0.5) is 0 Å². The number of rotatable bonds is 3. The van der Waals surface area contributed by atoms with Crippen LogP contribution >= 0.6 is 15.9 Å². The first-order valence-corrected chi connectivity index (χ1v) is 6.92. The van der Waals surface area contributed by atoms with Crippen molar-refractivity contribution in [2.45, 2.75) is 19.8 Å². The lowest BCUT2D eigenvalue weighted by molar-refractivity contribution is -0.129. The predicted molar refractivity (Wildman–Crippen MR) is 74.4 cm³/mol. The lowest BCUT2D eigenvalue weighted by atomic mass is 9.67. The van der Waals surface area contributed by atoms with Crippen molar-refractivity contribution in [2.75, 3.05) is 6.61 Å². The van der Waals surface area contributed by atoms with Crippen LogP contribution in [0.2, 0.25) is 0 Å². The van der Waals surface area contributed by atoms with E-state index < -0.39 is 11.3 Å². The molecular weight excluding hydrogens is 310 g/mol. The Balaban J connectivity index is 2.40. The smallest absolute Gasteiger partial charge is 0.234 e. The minimum absolute atomic E-state index is 0.163. The molecule has 1 saturated heterocycles. The second-order valence-electron chi connectivity index (χ2n) is 5.11. The number of amides is 2. The fourth-order valence-electron chi connectivity index (χ4n) is 2.63. The summed E-state index contributed by atoms with van der Waals surface area (Å²) in [5.41, 5.74) is 0.0497. The average Bonchev–Trinajstić information content (AvgIpc) is 2.60. The van der Waals surface area contributed by atoms with Gasteiger partial charge in [0.15, 0.2) is 0 Å². The van der Waals surface area contributed by atoms with E-state index in [4.69, 9.17) is 0 Å². The third-order valence-electron chi connectivity index (χ3n) is 4.22. The van der Waals surface area contributed by atoms with Gasteiger partial charge in [-0.1, -0.05) is 35.0 Å². The van der Waals surface area contributed by atoms with E-state index in [2.05, 4.69) is 21.2 Å². The molecule has 1 heterocycles. The fourth-order valence-corrected chi connectivity index (χ4v) is 2.90. The van der Waals surface area contributed by atoms with Crippen molar-refractivity contribution in [2.24, 2.45) is 11.3 Å². The summed E-state index contributed by atoms with van der Waals surface area (Å²) >= 11 is 3.37. The predicted octanol–water partition coefficient (Wildman–Crippen LogP) is 1.82. The molecular formula is C14H16BrNO3. The van der Waals surface area contributed by atoms with Gasteiger partial charge in [0.25, 0.3) is 0 Å². The van der Waals surface area contributed by atoms with Crippen molar-refractivity contribution in [3.63, 3.8) is 0 Å². The van der Waals surface area contributed by atoms with E-state index in [9.17, 15) is 14.7 Å². The van der Waals surface area contributed by atoms with Gasteiger partial charge < -0.3 is 5.11 Å². The molecule has 5 heteroatoms. The van der Waals surface area contributed by atoms with Gasteiger partial charge in [0.05, 0.1) is 17.9 Å². The second-order valence-corrected chi connectivity index (χ2v) is 6.03. The number of benzene rings is 1. The Labute approximate surface area is 120 Å². The molecule has 0 bridgehead atoms. The maximum Gasteiger partial charge on any atom is 0.234 e. The number of carbonyl (C=O) groups excluding carboxylic acids is 2. The molecule has 1 aromatic carbocycles. The molecule has 3 atom stereocenters. The summed E-state index contributed by atoms with van der Waals surface area (Å²) in [6.07, 6.45) is 0. The van der Waals surface area contributed by atoms with Gasteiger partial charge in [-0.3, -0.25) is 14.9 Å². The molecule has 2 rings (SSSR count). The lowest BCUT2D eigenvalue weighted by Crippen LogP contribution is -2.38. The fraction of sp³-hybridized carbons (Fsp3) is 0.429. The molecule has 2 N–H and O–H groups in total. The third kappa shape index (κ3) is 2.21. The number of nitrogens with one attached hydrogen (secondary N) is 1. The first-order chi connectivity index (χ1) is 8.91. The monoisotopic (exact) mass is 325 g/mol. The normalized spacial score (nSPS) is 28.3. The van der Waals surface area contributed by atoms with E-state index in [-0.39, 0.29) is 24.3 Å². The molecule has 0 spiro atoms. The molecule has 1 aromatic rings. The summed E-state index contributed by atoms with van der Waals surface area (Å²) in [7, 11) is 0. The minimum Gasteiger partial charge on any atom is -0.396 e. The number of aliphatic hydroxyl groups is 1. The molecule has 2 amide bonds. The van der Waals surface area contributed by atoms with Gasteiger partial charge in [-0.25, -0.2) is 0 Å². The zero-order chi connectivity index (χ0) is 14.2. The highest BCUT2D eigenvalue weighted by Gasteiger charge is 2.54. The quantitative estimate of drug-likeness (QED) is 0.833. The van der Waals surface area contributed by atoms with Crippen LogP contribution in [-0.4, -0.2) is 23.5 Å². The Hall–Kier alpha value is -1.20. The van der Waals surface area contributed by atoms with E-state index in [1.165, 1.54) is 0 Å². The number of aliphatic hydroxyl groups excluding tert-OH is 1. The molecule has 1 fully saturated rings. The number of carbonyl (C=O) groups is 2. The van der Waals surface area contributed by atoms with E-state index in [0.29, 0.717) is 0 Å². The zero-order valence-corrected chi connectivity index (χ0v) is 12.4. The Kier molecular flexibility index (Phi) is 3.78. The standard InChI is InChI=1S/C14H16BrNO3/c1-8(9-3-5-10(15)6-4-9)14(2)11(7-17)12(18)16-13(14)19/h3-6,8,11,17H,7H2,1-2H3,(H,16,18,19)/t8-,11+,14-/m1/s1. The van der Waals surface area contributed by atoms with Crippen molar-refractivity contribution < 1.29 is 14.7 Å². The van der Waals surface area contributed by atoms with Crippen LogP contribution in [0.3, 0.4) is 0 Å². The number of imide groups is 1. The van der Waals surface area contributed by atoms with Crippen LogP contribution < -0.4 is 5.32 Å². The molecule has 4 nitrogen and oxygen atoms in total. The Bertz CT molecular complexity index is 514. The summed E-state index contributed by atoms with van der Waals surface area (Å²) in [6.45, 7) is 3.32.